The third kappa shape index (κ3) is 3.28. The molecule has 6 nitrogen and oxygen atoms in total. The second-order valence-corrected chi connectivity index (χ2v) is 8.75. The van der Waals surface area contributed by atoms with E-state index in [4.69, 9.17) is 4.74 Å². The Morgan fingerprint density at radius 2 is 1.89 bits per heavy atom. The Morgan fingerprint density at radius 3 is 2.64 bits per heavy atom. The lowest BCUT2D eigenvalue weighted by Crippen LogP contribution is -2.54. The number of hydrogen-bond acceptors (Lipinski definition) is 4. The third-order valence-electron chi connectivity index (χ3n) is 7.15. The number of ether oxygens (including phenoxy) is 1. The number of nitrogens with zero attached hydrogens (tertiary/aromatic N) is 2. The van der Waals surface area contributed by atoms with E-state index in [2.05, 4.69) is 28.4 Å². The number of amides is 2. The van der Waals surface area contributed by atoms with Crippen molar-refractivity contribution >= 4 is 12.0 Å². The highest BCUT2D eigenvalue weighted by Gasteiger charge is 2.42. The van der Waals surface area contributed by atoms with E-state index in [-0.39, 0.29) is 30.1 Å². The van der Waals surface area contributed by atoms with Crippen LogP contribution in [0.3, 0.4) is 0 Å². The molecule has 4 saturated heterocycles. The van der Waals surface area contributed by atoms with Gasteiger partial charge in [-0.3, -0.25) is 9.69 Å². The molecule has 4 fully saturated rings. The van der Waals surface area contributed by atoms with Crippen LogP contribution in [0.15, 0.2) is 24.3 Å². The Morgan fingerprint density at radius 1 is 1.07 bits per heavy atom. The zero-order valence-electron chi connectivity index (χ0n) is 16.3. The first kappa shape index (κ1) is 18.0. The average molecular weight is 383 g/mol. The van der Waals surface area contributed by atoms with Crippen molar-refractivity contribution in [1.82, 2.24) is 15.1 Å². The quantitative estimate of drug-likeness (QED) is 0.852. The molecule has 28 heavy (non-hydrogen) atoms. The standard InChI is InChI=1S/C22H29N3O3/c26-20-13-17(5-9-23-20)21-18-4-2-1-3-15(18)8-12-25(21)22(27)28-19-14-24-10-6-16(19)7-11-24/h1-4,16-17,19,21H,5-14H2,(H,23,26)/t17?,19?,21-/m0/s1. The average Bonchev–Trinajstić information content (AvgIpc) is 2.73. The van der Waals surface area contributed by atoms with Crippen LogP contribution in [0.25, 0.3) is 0 Å². The minimum Gasteiger partial charge on any atom is -0.444 e. The molecule has 0 saturated carbocycles. The van der Waals surface area contributed by atoms with Gasteiger partial charge in [0, 0.05) is 26.1 Å². The summed E-state index contributed by atoms with van der Waals surface area (Å²) in [7, 11) is 0. The summed E-state index contributed by atoms with van der Waals surface area (Å²) in [6.07, 6.45) is 4.31. The zero-order valence-corrected chi connectivity index (χ0v) is 16.3. The third-order valence-corrected chi connectivity index (χ3v) is 7.15. The summed E-state index contributed by atoms with van der Waals surface area (Å²) in [4.78, 5) is 29.7. The molecule has 5 heterocycles. The van der Waals surface area contributed by atoms with Gasteiger partial charge in [0.2, 0.25) is 5.91 Å². The molecule has 6 heteroatoms. The van der Waals surface area contributed by atoms with Crippen LogP contribution in [-0.2, 0) is 16.0 Å². The molecule has 2 bridgehead atoms. The van der Waals surface area contributed by atoms with E-state index in [0.717, 1.165) is 45.3 Å². The molecule has 1 N–H and O–H groups in total. The predicted molar refractivity (Wildman–Crippen MR) is 105 cm³/mol. The summed E-state index contributed by atoms with van der Waals surface area (Å²) in [6.45, 7) is 4.49. The van der Waals surface area contributed by atoms with Crippen molar-refractivity contribution in [3.8, 4) is 0 Å². The van der Waals surface area contributed by atoms with Gasteiger partial charge in [0.05, 0.1) is 6.04 Å². The molecule has 1 aromatic carbocycles. The molecule has 5 aliphatic rings. The molecular weight excluding hydrogens is 354 g/mol. The summed E-state index contributed by atoms with van der Waals surface area (Å²) in [5, 5.41) is 2.92. The van der Waals surface area contributed by atoms with Crippen molar-refractivity contribution in [1.29, 1.82) is 0 Å². The van der Waals surface area contributed by atoms with Crippen molar-refractivity contribution < 1.29 is 14.3 Å². The molecule has 6 rings (SSSR count). The fourth-order valence-corrected chi connectivity index (χ4v) is 5.63. The SMILES string of the molecule is O=C1CC([C@H]2c3ccccc3CCN2C(=O)OC2CN3CCC2CC3)CCN1. The van der Waals surface area contributed by atoms with Gasteiger partial charge in [-0.1, -0.05) is 24.3 Å². The number of rotatable bonds is 2. The topological polar surface area (TPSA) is 61.9 Å². The van der Waals surface area contributed by atoms with E-state index in [1.54, 1.807) is 0 Å². The Bertz CT molecular complexity index is 759. The Kier molecular flexibility index (Phi) is 4.75. The van der Waals surface area contributed by atoms with Gasteiger partial charge in [0.25, 0.3) is 0 Å². The number of piperidine rings is 4. The minimum atomic E-state index is -0.191. The molecule has 0 spiro atoms. The van der Waals surface area contributed by atoms with Gasteiger partial charge in [-0.05, 0) is 61.7 Å². The lowest BCUT2D eigenvalue weighted by Gasteiger charge is -2.46. The first-order valence-corrected chi connectivity index (χ1v) is 10.7. The van der Waals surface area contributed by atoms with E-state index in [1.165, 1.54) is 11.1 Å². The molecule has 0 radical (unpaired) electrons. The van der Waals surface area contributed by atoms with E-state index in [1.807, 2.05) is 11.0 Å². The lowest BCUT2D eigenvalue weighted by atomic mass is 9.80. The molecule has 3 atom stereocenters. The smallest absolute Gasteiger partial charge is 0.410 e. The van der Waals surface area contributed by atoms with Crippen LogP contribution in [0.5, 0.6) is 0 Å². The summed E-state index contributed by atoms with van der Waals surface area (Å²) in [5.41, 5.74) is 2.49. The van der Waals surface area contributed by atoms with Gasteiger partial charge < -0.3 is 15.0 Å². The van der Waals surface area contributed by atoms with Crippen molar-refractivity contribution in [2.24, 2.45) is 11.8 Å². The number of nitrogens with one attached hydrogen (secondary N) is 1. The second-order valence-electron chi connectivity index (χ2n) is 8.75. The maximum absolute atomic E-state index is 13.3. The molecule has 150 valence electrons. The minimum absolute atomic E-state index is 0.0162. The molecule has 0 aromatic heterocycles. The van der Waals surface area contributed by atoms with Crippen LogP contribution >= 0.6 is 0 Å². The molecule has 0 aliphatic carbocycles. The fourth-order valence-electron chi connectivity index (χ4n) is 5.63. The Hall–Kier alpha value is -2.08. The van der Waals surface area contributed by atoms with Gasteiger partial charge in [0.1, 0.15) is 6.10 Å². The highest BCUT2D eigenvalue weighted by Crippen LogP contribution is 2.40. The summed E-state index contributed by atoms with van der Waals surface area (Å²) in [6, 6.07) is 8.31. The molecule has 5 aliphatic heterocycles. The van der Waals surface area contributed by atoms with Crippen LogP contribution in [-0.4, -0.2) is 60.6 Å². The molecular formula is C22H29N3O3. The first-order chi connectivity index (χ1) is 13.7. The van der Waals surface area contributed by atoms with Crippen LogP contribution < -0.4 is 5.32 Å². The van der Waals surface area contributed by atoms with Gasteiger partial charge in [-0.2, -0.15) is 0 Å². The molecule has 2 amide bonds. The summed E-state index contributed by atoms with van der Waals surface area (Å²) >= 11 is 0. The Balaban J connectivity index is 1.39. The van der Waals surface area contributed by atoms with E-state index < -0.39 is 0 Å². The number of hydrogen-bond donors (Lipinski definition) is 1. The monoisotopic (exact) mass is 383 g/mol. The van der Waals surface area contributed by atoms with Gasteiger partial charge in [0.15, 0.2) is 0 Å². The number of carbonyl (C=O) groups excluding carboxylic acids is 2. The van der Waals surface area contributed by atoms with Crippen molar-refractivity contribution in [2.45, 2.75) is 44.2 Å². The van der Waals surface area contributed by atoms with Crippen molar-refractivity contribution in [2.75, 3.05) is 32.7 Å². The Labute approximate surface area is 166 Å². The normalized spacial score (nSPS) is 34.5. The van der Waals surface area contributed by atoms with Crippen LogP contribution in [0.1, 0.15) is 42.9 Å². The van der Waals surface area contributed by atoms with Crippen LogP contribution in [0.2, 0.25) is 0 Å². The van der Waals surface area contributed by atoms with Gasteiger partial charge >= 0.3 is 6.09 Å². The highest BCUT2D eigenvalue weighted by atomic mass is 16.6. The maximum atomic E-state index is 13.3. The summed E-state index contributed by atoms with van der Waals surface area (Å²) in [5.74, 6) is 0.740. The number of benzene rings is 1. The van der Waals surface area contributed by atoms with Gasteiger partial charge in [-0.25, -0.2) is 4.79 Å². The second kappa shape index (κ2) is 7.39. The van der Waals surface area contributed by atoms with E-state index in [0.29, 0.717) is 25.4 Å². The highest BCUT2D eigenvalue weighted by molar-refractivity contribution is 5.77. The van der Waals surface area contributed by atoms with E-state index >= 15 is 0 Å². The number of fused-ring (bicyclic) bond motifs is 4. The predicted octanol–water partition coefficient (Wildman–Crippen LogP) is 2.34. The van der Waals surface area contributed by atoms with Gasteiger partial charge in [-0.15, -0.1) is 0 Å². The van der Waals surface area contributed by atoms with E-state index in [9.17, 15) is 9.59 Å². The summed E-state index contributed by atoms with van der Waals surface area (Å²) < 4.78 is 6.07. The fraction of sp³-hybridized carbons (Fsp3) is 0.636. The maximum Gasteiger partial charge on any atom is 0.410 e. The lowest BCUT2D eigenvalue weighted by molar-refractivity contribution is -0.124. The van der Waals surface area contributed by atoms with Crippen LogP contribution in [0.4, 0.5) is 4.79 Å². The zero-order chi connectivity index (χ0) is 19.1. The largest absolute Gasteiger partial charge is 0.444 e. The first-order valence-electron chi connectivity index (χ1n) is 10.7. The van der Waals surface area contributed by atoms with Crippen LogP contribution in [0, 0.1) is 11.8 Å². The van der Waals surface area contributed by atoms with Crippen molar-refractivity contribution in [3.05, 3.63) is 35.4 Å². The molecule has 1 aromatic rings. The molecule has 2 unspecified atom stereocenters. The number of carbonyl (C=O) groups is 2. The van der Waals surface area contributed by atoms with Crippen molar-refractivity contribution in [3.63, 3.8) is 0 Å².